The van der Waals surface area contributed by atoms with Crippen LogP contribution in [-0.2, 0) is 0 Å². The zero-order chi connectivity index (χ0) is 13.6. The van der Waals surface area contributed by atoms with E-state index in [4.69, 9.17) is 10.8 Å². The molecule has 100 valence electrons. The number of aromatic nitrogens is 4. The lowest BCUT2D eigenvalue weighted by atomic mass is 10.3. The van der Waals surface area contributed by atoms with Gasteiger partial charge in [-0.05, 0) is 6.08 Å². The van der Waals surface area contributed by atoms with Crippen molar-refractivity contribution in [3.8, 4) is 0 Å². The largest absolute Gasteiger partial charge is 0.395 e. The van der Waals surface area contributed by atoms with Crippen molar-refractivity contribution >= 4 is 28.7 Å². The van der Waals surface area contributed by atoms with Crippen molar-refractivity contribution in [1.29, 1.82) is 0 Å². The van der Waals surface area contributed by atoms with Gasteiger partial charge in [-0.15, -0.1) is 11.8 Å². The molecule has 3 N–H and O–H groups in total. The maximum atomic E-state index is 13.8. The van der Waals surface area contributed by atoms with Crippen LogP contribution < -0.4 is 5.73 Å². The van der Waals surface area contributed by atoms with Gasteiger partial charge in [0.15, 0.2) is 11.5 Å². The molecule has 0 saturated heterocycles. The highest BCUT2D eigenvalue weighted by Gasteiger charge is 2.30. The zero-order valence-corrected chi connectivity index (χ0v) is 10.3. The number of anilines is 1. The fraction of sp³-hybridized carbons (Fsp3) is 0.300. The topological polar surface area (TPSA) is 89.9 Å². The van der Waals surface area contributed by atoms with Gasteiger partial charge in [-0.1, -0.05) is 0 Å². The molecule has 3 heterocycles. The molecular weight excluding hydrogens is 276 g/mol. The summed E-state index contributed by atoms with van der Waals surface area (Å²) in [5.41, 5.74) is 5.89. The SMILES string of the molecule is Nc1nc(F)nc2c1ncn2[C@H]1S[C@@H](CO)C=C1F. The molecule has 0 bridgehead atoms. The maximum absolute atomic E-state index is 13.8. The molecule has 2 aromatic rings. The number of aliphatic hydroxyl groups excluding tert-OH is 1. The van der Waals surface area contributed by atoms with Gasteiger partial charge in [-0.2, -0.15) is 14.4 Å². The molecular formula is C10H9F2N5OS. The van der Waals surface area contributed by atoms with Crippen LogP contribution in [0.2, 0.25) is 0 Å². The Kier molecular flexibility index (Phi) is 2.86. The van der Waals surface area contributed by atoms with E-state index < -0.39 is 17.3 Å². The van der Waals surface area contributed by atoms with Crippen LogP contribution in [0, 0.1) is 6.08 Å². The predicted molar refractivity (Wildman–Crippen MR) is 66.4 cm³/mol. The summed E-state index contributed by atoms with van der Waals surface area (Å²) in [7, 11) is 0. The minimum absolute atomic E-state index is 0.0904. The summed E-state index contributed by atoms with van der Waals surface area (Å²) in [5, 5.41) is 7.97. The van der Waals surface area contributed by atoms with Crippen molar-refractivity contribution < 1.29 is 13.9 Å². The van der Waals surface area contributed by atoms with Crippen molar-refractivity contribution in [1.82, 2.24) is 19.5 Å². The number of nitrogens with zero attached hydrogens (tertiary/aromatic N) is 4. The highest BCUT2D eigenvalue weighted by molar-refractivity contribution is 8.00. The number of hydrogen-bond donors (Lipinski definition) is 2. The van der Waals surface area contributed by atoms with Crippen LogP contribution in [0.4, 0.5) is 14.6 Å². The first-order valence-electron chi connectivity index (χ1n) is 5.39. The number of nitrogens with two attached hydrogens (primary N) is 1. The Morgan fingerprint density at radius 3 is 2.89 bits per heavy atom. The lowest BCUT2D eigenvalue weighted by Gasteiger charge is -2.13. The van der Waals surface area contributed by atoms with Gasteiger partial charge in [0, 0.05) is 0 Å². The van der Waals surface area contributed by atoms with Crippen molar-refractivity contribution in [2.24, 2.45) is 0 Å². The minimum Gasteiger partial charge on any atom is -0.395 e. The van der Waals surface area contributed by atoms with Crippen LogP contribution in [0.15, 0.2) is 18.2 Å². The molecule has 0 radical (unpaired) electrons. The third-order valence-corrected chi connectivity index (χ3v) is 4.08. The van der Waals surface area contributed by atoms with Crippen LogP contribution in [0.3, 0.4) is 0 Å². The summed E-state index contributed by atoms with van der Waals surface area (Å²) in [5.74, 6) is -0.520. The number of nitrogen functional groups attached to an aromatic ring is 1. The van der Waals surface area contributed by atoms with Crippen LogP contribution in [0.1, 0.15) is 5.37 Å². The molecule has 2 atom stereocenters. The Hall–Kier alpha value is -1.74. The summed E-state index contributed by atoms with van der Waals surface area (Å²) in [6, 6.07) is 0. The lowest BCUT2D eigenvalue weighted by molar-refractivity contribution is 0.307. The highest BCUT2D eigenvalue weighted by Crippen LogP contribution is 2.43. The van der Waals surface area contributed by atoms with E-state index in [-0.39, 0.29) is 28.8 Å². The second-order valence-electron chi connectivity index (χ2n) is 3.96. The Morgan fingerprint density at radius 2 is 2.21 bits per heavy atom. The van der Waals surface area contributed by atoms with E-state index in [1.807, 2.05) is 0 Å². The van der Waals surface area contributed by atoms with Crippen LogP contribution in [-0.4, -0.2) is 36.5 Å². The van der Waals surface area contributed by atoms with E-state index in [2.05, 4.69) is 15.0 Å². The fourth-order valence-corrected chi connectivity index (χ4v) is 3.03. The zero-order valence-electron chi connectivity index (χ0n) is 9.49. The monoisotopic (exact) mass is 285 g/mol. The summed E-state index contributed by atoms with van der Waals surface area (Å²) < 4.78 is 28.4. The predicted octanol–water partition coefficient (Wildman–Crippen LogP) is 1.01. The van der Waals surface area contributed by atoms with Crippen LogP contribution in [0.25, 0.3) is 11.2 Å². The molecule has 1 aliphatic heterocycles. The van der Waals surface area contributed by atoms with Gasteiger partial charge >= 0.3 is 6.08 Å². The van der Waals surface area contributed by atoms with E-state index in [9.17, 15) is 8.78 Å². The average Bonchev–Trinajstić information content (AvgIpc) is 2.92. The molecule has 2 aromatic heterocycles. The highest BCUT2D eigenvalue weighted by atomic mass is 32.2. The minimum atomic E-state index is -0.988. The third kappa shape index (κ3) is 1.94. The first-order chi connectivity index (χ1) is 9.10. The van der Waals surface area contributed by atoms with E-state index in [1.165, 1.54) is 28.7 Å². The molecule has 3 rings (SSSR count). The molecule has 0 amide bonds. The molecule has 19 heavy (non-hydrogen) atoms. The molecule has 0 saturated carbocycles. The van der Waals surface area contributed by atoms with Crippen molar-refractivity contribution in [3.05, 3.63) is 24.3 Å². The van der Waals surface area contributed by atoms with Crippen LogP contribution >= 0.6 is 11.8 Å². The van der Waals surface area contributed by atoms with Crippen molar-refractivity contribution in [2.45, 2.75) is 10.6 Å². The summed E-state index contributed by atoms with van der Waals surface area (Å²) in [6.07, 6.45) is 1.67. The number of fused-ring (bicyclic) bond motifs is 1. The van der Waals surface area contributed by atoms with Crippen LogP contribution in [0.5, 0.6) is 0 Å². The first kappa shape index (κ1) is 12.3. The normalized spacial score (nSPS) is 23.0. The number of thioether (sulfide) groups is 1. The number of rotatable bonds is 2. The van der Waals surface area contributed by atoms with Gasteiger partial charge in [-0.3, -0.25) is 4.57 Å². The van der Waals surface area contributed by atoms with Crippen molar-refractivity contribution in [2.75, 3.05) is 12.3 Å². The van der Waals surface area contributed by atoms with E-state index >= 15 is 0 Å². The van der Waals surface area contributed by atoms with E-state index in [0.717, 1.165) is 0 Å². The molecule has 0 spiro atoms. The molecule has 0 aliphatic carbocycles. The first-order valence-corrected chi connectivity index (χ1v) is 6.33. The van der Waals surface area contributed by atoms with Gasteiger partial charge in [-0.25, -0.2) is 9.37 Å². The lowest BCUT2D eigenvalue weighted by Crippen LogP contribution is -2.07. The number of aliphatic hydroxyl groups is 1. The van der Waals surface area contributed by atoms with E-state index in [0.29, 0.717) is 0 Å². The fourth-order valence-electron chi connectivity index (χ4n) is 1.91. The number of imidazole rings is 1. The van der Waals surface area contributed by atoms with Gasteiger partial charge in [0.1, 0.15) is 16.7 Å². The second-order valence-corrected chi connectivity index (χ2v) is 5.29. The smallest absolute Gasteiger partial charge is 0.312 e. The van der Waals surface area contributed by atoms with E-state index in [1.54, 1.807) is 0 Å². The third-order valence-electron chi connectivity index (χ3n) is 2.74. The average molecular weight is 285 g/mol. The summed E-state index contributed by atoms with van der Waals surface area (Å²) in [6.45, 7) is -0.174. The molecule has 1 aliphatic rings. The second kappa shape index (κ2) is 4.42. The summed E-state index contributed by atoms with van der Waals surface area (Å²) >= 11 is 1.18. The molecule has 9 heteroatoms. The summed E-state index contributed by atoms with van der Waals surface area (Å²) in [4.78, 5) is 10.9. The molecule has 0 fully saturated rings. The molecule has 0 aromatic carbocycles. The van der Waals surface area contributed by atoms with Gasteiger partial charge in [0.05, 0.1) is 18.2 Å². The van der Waals surface area contributed by atoms with Gasteiger partial charge in [0.25, 0.3) is 0 Å². The Labute approximate surface area is 110 Å². The Bertz CT molecular complexity index is 673. The Morgan fingerprint density at radius 1 is 1.42 bits per heavy atom. The molecule has 6 nitrogen and oxygen atoms in total. The van der Waals surface area contributed by atoms with Gasteiger partial charge < -0.3 is 10.8 Å². The Balaban J connectivity index is 2.10. The maximum Gasteiger partial charge on any atom is 0.312 e. The standard InChI is InChI=1S/C10H9F2N5OS/c11-5-1-4(2-18)19-9(5)17-3-14-6-7(13)15-10(12)16-8(6)17/h1,3-4,9,18H,2H2,(H2,13,15,16)/t4-,9+/m1/s1. The number of halogens is 2. The van der Waals surface area contributed by atoms with Gasteiger partial charge in [0.2, 0.25) is 0 Å². The van der Waals surface area contributed by atoms with Crippen molar-refractivity contribution in [3.63, 3.8) is 0 Å². The number of hydrogen-bond acceptors (Lipinski definition) is 6. The quantitative estimate of drug-likeness (QED) is 0.800. The molecule has 0 unspecified atom stereocenters.